The zero-order valence-corrected chi connectivity index (χ0v) is 19.2. The molecule has 2 N–H and O–H groups in total. The number of β-lactam (4-membered cyclic amide) rings is 1. The SMILES string of the molecule is CC(=O)OCC1=C(C(=O)O)N2C(=O)[C@H](NC(=O)c3ccc(COc4cccc(C)c4)o3)[C@@H]2SC1. The lowest BCUT2D eigenvalue weighted by molar-refractivity contribution is -0.149. The molecule has 1 saturated heterocycles. The monoisotopic (exact) mass is 486 g/mol. The zero-order valence-electron chi connectivity index (χ0n) is 18.4. The van der Waals surface area contributed by atoms with Crippen LogP contribution in [-0.4, -0.2) is 57.5 Å². The average molecular weight is 487 g/mol. The fourth-order valence-electron chi connectivity index (χ4n) is 3.63. The summed E-state index contributed by atoms with van der Waals surface area (Å²) in [5.74, 6) is -1.62. The summed E-state index contributed by atoms with van der Waals surface area (Å²) in [5.41, 5.74) is 1.16. The number of hydrogen-bond donors (Lipinski definition) is 2. The van der Waals surface area contributed by atoms with Crippen molar-refractivity contribution in [2.75, 3.05) is 12.4 Å². The predicted octanol–water partition coefficient (Wildman–Crippen LogP) is 2.08. The summed E-state index contributed by atoms with van der Waals surface area (Å²) in [5, 5.41) is 11.6. The van der Waals surface area contributed by atoms with E-state index >= 15 is 0 Å². The number of thioether (sulfide) groups is 1. The van der Waals surface area contributed by atoms with Gasteiger partial charge in [0, 0.05) is 18.2 Å². The number of nitrogens with one attached hydrogen (secondary N) is 1. The zero-order chi connectivity index (χ0) is 24.4. The number of hydrogen-bond acceptors (Lipinski definition) is 8. The van der Waals surface area contributed by atoms with E-state index in [9.17, 15) is 24.3 Å². The number of aryl methyl sites for hydroxylation is 1. The van der Waals surface area contributed by atoms with Crippen LogP contribution >= 0.6 is 11.8 Å². The van der Waals surface area contributed by atoms with E-state index in [4.69, 9.17) is 13.9 Å². The van der Waals surface area contributed by atoms with Gasteiger partial charge in [0.15, 0.2) is 5.76 Å². The van der Waals surface area contributed by atoms with Crippen LogP contribution in [0, 0.1) is 6.92 Å². The highest BCUT2D eigenvalue weighted by Crippen LogP contribution is 2.40. The smallest absolute Gasteiger partial charge is 0.352 e. The standard InChI is InChI=1S/C23H22N2O8S/c1-12-4-3-5-15(8-12)32-10-16-6-7-17(33-16)20(27)24-18-21(28)25-19(23(29)30)14(9-31-13(2)26)11-34-22(18)25/h3-8,18,22H,9-11H2,1-2H3,(H,24,27)(H,29,30)/t18-,22-/m0/s1. The van der Waals surface area contributed by atoms with Crippen molar-refractivity contribution in [2.45, 2.75) is 31.9 Å². The number of esters is 1. The van der Waals surface area contributed by atoms with Crippen LogP contribution in [0.1, 0.15) is 28.8 Å². The molecule has 0 spiro atoms. The van der Waals surface area contributed by atoms with Crippen LogP contribution in [0.15, 0.2) is 52.1 Å². The Morgan fingerprint density at radius 3 is 2.74 bits per heavy atom. The lowest BCUT2D eigenvalue weighted by atomic mass is 10.0. The Bertz CT molecular complexity index is 1190. The van der Waals surface area contributed by atoms with Crippen molar-refractivity contribution in [2.24, 2.45) is 0 Å². The van der Waals surface area contributed by atoms with Crippen LogP contribution < -0.4 is 10.1 Å². The fraction of sp³-hybridized carbons (Fsp3) is 0.304. The number of nitrogens with zero attached hydrogens (tertiary/aromatic N) is 1. The maximum absolute atomic E-state index is 12.7. The molecule has 3 heterocycles. The number of benzene rings is 1. The van der Waals surface area contributed by atoms with Gasteiger partial charge in [0.1, 0.15) is 41.8 Å². The number of carboxylic acid groups (broad SMARTS) is 1. The third-order valence-electron chi connectivity index (χ3n) is 5.24. The van der Waals surface area contributed by atoms with Crippen LogP contribution in [0.2, 0.25) is 0 Å². The molecule has 10 nitrogen and oxygen atoms in total. The van der Waals surface area contributed by atoms with Gasteiger partial charge in [-0.05, 0) is 36.8 Å². The molecule has 0 unspecified atom stereocenters. The normalized spacial score (nSPS) is 19.2. The Morgan fingerprint density at radius 1 is 1.24 bits per heavy atom. The largest absolute Gasteiger partial charge is 0.486 e. The third kappa shape index (κ3) is 4.79. The van der Waals surface area contributed by atoms with Gasteiger partial charge in [-0.3, -0.25) is 19.3 Å². The topological polar surface area (TPSA) is 135 Å². The van der Waals surface area contributed by atoms with Crippen molar-refractivity contribution >= 4 is 35.5 Å². The highest BCUT2D eigenvalue weighted by molar-refractivity contribution is 8.00. The molecule has 2 atom stereocenters. The summed E-state index contributed by atoms with van der Waals surface area (Å²) in [6, 6.07) is 9.71. The van der Waals surface area contributed by atoms with Gasteiger partial charge in [-0.1, -0.05) is 12.1 Å². The maximum atomic E-state index is 12.7. The number of carbonyl (C=O) groups is 4. The lowest BCUT2D eigenvalue weighted by Gasteiger charge is -2.49. The summed E-state index contributed by atoms with van der Waals surface area (Å²) >= 11 is 1.28. The van der Waals surface area contributed by atoms with E-state index in [2.05, 4.69) is 5.32 Å². The van der Waals surface area contributed by atoms with Gasteiger partial charge in [0.2, 0.25) is 0 Å². The van der Waals surface area contributed by atoms with Crippen molar-refractivity contribution in [1.29, 1.82) is 0 Å². The molecule has 0 saturated carbocycles. The Kier molecular flexibility index (Phi) is 6.64. The van der Waals surface area contributed by atoms with E-state index in [1.165, 1.54) is 24.8 Å². The van der Waals surface area contributed by atoms with Crippen molar-refractivity contribution in [3.05, 3.63) is 64.8 Å². The highest BCUT2D eigenvalue weighted by Gasteiger charge is 2.54. The van der Waals surface area contributed by atoms with E-state index in [1.54, 1.807) is 6.07 Å². The first-order valence-corrected chi connectivity index (χ1v) is 11.4. The minimum Gasteiger partial charge on any atom is -0.486 e. The van der Waals surface area contributed by atoms with Crippen molar-refractivity contribution in [3.8, 4) is 5.75 Å². The first-order valence-electron chi connectivity index (χ1n) is 10.4. The molecule has 1 fully saturated rings. The average Bonchev–Trinajstić information content (AvgIpc) is 3.28. The predicted molar refractivity (Wildman–Crippen MR) is 120 cm³/mol. The number of fused-ring (bicyclic) bond motifs is 1. The molecule has 34 heavy (non-hydrogen) atoms. The van der Waals surface area contributed by atoms with E-state index in [1.807, 2.05) is 31.2 Å². The minimum absolute atomic E-state index is 0.0134. The molecular weight excluding hydrogens is 464 g/mol. The van der Waals surface area contributed by atoms with E-state index in [-0.39, 0.29) is 30.4 Å². The molecular formula is C23H22N2O8S. The molecule has 2 aliphatic rings. The van der Waals surface area contributed by atoms with Gasteiger partial charge in [-0.25, -0.2) is 4.79 Å². The van der Waals surface area contributed by atoms with E-state index < -0.39 is 35.2 Å². The van der Waals surface area contributed by atoms with Crippen molar-refractivity contribution in [3.63, 3.8) is 0 Å². The van der Waals surface area contributed by atoms with Gasteiger partial charge in [0.05, 0.1) is 0 Å². The number of carbonyl (C=O) groups excluding carboxylic acids is 3. The number of amides is 2. The summed E-state index contributed by atoms with van der Waals surface area (Å²) in [7, 11) is 0. The van der Waals surface area contributed by atoms with Crippen LogP contribution in [0.4, 0.5) is 0 Å². The number of carboxylic acids is 1. The second-order valence-electron chi connectivity index (χ2n) is 7.77. The van der Waals surface area contributed by atoms with Crippen LogP contribution in [0.3, 0.4) is 0 Å². The molecule has 1 aromatic carbocycles. The van der Waals surface area contributed by atoms with Crippen LogP contribution in [0.25, 0.3) is 0 Å². The Morgan fingerprint density at radius 2 is 2.03 bits per heavy atom. The molecule has 0 aliphatic carbocycles. The lowest BCUT2D eigenvalue weighted by Crippen LogP contribution is -2.70. The third-order valence-corrected chi connectivity index (χ3v) is 6.58. The van der Waals surface area contributed by atoms with Crippen LogP contribution in [-0.2, 0) is 25.7 Å². The summed E-state index contributed by atoms with van der Waals surface area (Å²) in [4.78, 5) is 49.3. The van der Waals surface area contributed by atoms with Crippen molar-refractivity contribution in [1.82, 2.24) is 10.2 Å². The maximum Gasteiger partial charge on any atom is 0.352 e. The molecule has 178 valence electrons. The Labute approximate surface area is 198 Å². The van der Waals surface area contributed by atoms with Gasteiger partial charge in [-0.15, -0.1) is 11.8 Å². The molecule has 0 bridgehead atoms. The molecule has 2 amide bonds. The number of furan rings is 1. The molecule has 2 aliphatic heterocycles. The van der Waals surface area contributed by atoms with Crippen molar-refractivity contribution < 1.29 is 38.2 Å². The van der Waals surface area contributed by atoms with Gasteiger partial charge >= 0.3 is 11.9 Å². The Hall–Kier alpha value is -3.73. The van der Waals surface area contributed by atoms with Gasteiger partial charge in [-0.2, -0.15) is 0 Å². The number of aliphatic carboxylic acids is 1. The van der Waals surface area contributed by atoms with E-state index in [0.717, 1.165) is 10.5 Å². The first-order chi connectivity index (χ1) is 16.2. The summed E-state index contributed by atoms with van der Waals surface area (Å²) in [6.07, 6.45) is 0. The molecule has 11 heteroatoms. The second kappa shape index (κ2) is 9.64. The van der Waals surface area contributed by atoms with E-state index in [0.29, 0.717) is 17.1 Å². The minimum atomic E-state index is -1.30. The van der Waals surface area contributed by atoms with Gasteiger partial charge in [0.25, 0.3) is 11.8 Å². The highest BCUT2D eigenvalue weighted by atomic mass is 32.2. The quantitative estimate of drug-likeness (QED) is 0.425. The fourth-order valence-corrected chi connectivity index (χ4v) is 4.96. The number of rotatable bonds is 8. The van der Waals surface area contributed by atoms with Gasteiger partial charge < -0.3 is 24.3 Å². The first kappa shape index (κ1) is 23.4. The molecule has 1 aromatic heterocycles. The Balaban J connectivity index is 1.38. The molecule has 2 aromatic rings. The summed E-state index contributed by atoms with van der Waals surface area (Å²) < 4.78 is 16.1. The second-order valence-corrected chi connectivity index (χ2v) is 8.87. The number of ether oxygens (including phenoxy) is 2. The summed E-state index contributed by atoms with van der Waals surface area (Å²) in [6.45, 7) is 3.08. The molecule has 0 radical (unpaired) electrons. The van der Waals surface area contributed by atoms with Crippen LogP contribution in [0.5, 0.6) is 5.75 Å². The molecule has 4 rings (SSSR count).